The number of methoxy groups -OCH3 is 2. The first-order chi connectivity index (χ1) is 19.1. The Kier molecular flexibility index (Phi) is 15.4. The molecule has 0 unspecified atom stereocenters. The largest absolute Gasteiger partial charge is 0.493 e. The number of nitrogens with one attached hydrogen (secondary N) is 1. The van der Waals surface area contributed by atoms with Crippen LogP contribution in [0.15, 0.2) is 18.2 Å². The van der Waals surface area contributed by atoms with Crippen molar-refractivity contribution in [2.45, 2.75) is 111 Å². The highest BCUT2D eigenvalue weighted by atomic mass is 16.5. The van der Waals surface area contributed by atoms with Crippen LogP contribution >= 0.6 is 0 Å². The van der Waals surface area contributed by atoms with E-state index < -0.39 is 12.1 Å². The van der Waals surface area contributed by atoms with Crippen LogP contribution in [0.2, 0.25) is 0 Å². The van der Waals surface area contributed by atoms with Gasteiger partial charge in [-0.2, -0.15) is 0 Å². The minimum absolute atomic E-state index is 0.0518. The third-order valence-electron chi connectivity index (χ3n) is 8.85. The molecular weight excluding hydrogens is 504 g/mol. The molecule has 40 heavy (non-hydrogen) atoms. The Bertz CT molecular complexity index is 855. The molecule has 1 amide bonds. The van der Waals surface area contributed by atoms with Gasteiger partial charge in [0.1, 0.15) is 0 Å². The van der Waals surface area contributed by atoms with Gasteiger partial charge in [-0.25, -0.2) is 0 Å². The van der Waals surface area contributed by atoms with Gasteiger partial charge in [-0.05, 0) is 80.4 Å². The van der Waals surface area contributed by atoms with Crippen LogP contribution in [0.5, 0.6) is 11.5 Å². The smallest absolute Gasteiger partial charge is 0.223 e. The molecule has 2 rings (SSSR count). The summed E-state index contributed by atoms with van der Waals surface area (Å²) < 4.78 is 16.6. The summed E-state index contributed by atoms with van der Waals surface area (Å²) in [7, 11) is 3.33. The van der Waals surface area contributed by atoms with Crippen molar-refractivity contribution < 1.29 is 24.1 Å². The quantitative estimate of drug-likeness (QED) is 0.197. The topological polar surface area (TPSA) is 103 Å². The molecule has 0 radical (unpaired) electrons. The lowest BCUT2D eigenvalue weighted by atomic mass is 9.80. The molecule has 0 saturated heterocycles. The second-order valence-electron chi connectivity index (χ2n) is 12.6. The van der Waals surface area contributed by atoms with Crippen molar-refractivity contribution in [3.63, 3.8) is 0 Å². The third kappa shape index (κ3) is 11.2. The molecule has 5 atom stereocenters. The molecule has 1 aromatic carbocycles. The third-order valence-corrected chi connectivity index (χ3v) is 8.85. The standard InChI is InChI=1S/C33H58N2O5/c1-22(2)27(18-25-14-15-31(39-7)32(19-25)40-17-11-16-38-6)20-29(34)30(36)21-28(23(3)4)33(37)35-24(5)26-12-9-8-10-13-26/h14-15,19,22-24,26-30,36H,8-13,16-18,20-21,34H2,1-7H3,(H,35,37)/t24-,27+,28+,29+,30+/m1/s1. The van der Waals surface area contributed by atoms with E-state index in [2.05, 4.69) is 52.1 Å². The second-order valence-corrected chi connectivity index (χ2v) is 12.6. The molecule has 1 aliphatic rings. The van der Waals surface area contributed by atoms with Crippen LogP contribution in [0.1, 0.15) is 91.5 Å². The van der Waals surface area contributed by atoms with E-state index in [0.29, 0.717) is 43.6 Å². The van der Waals surface area contributed by atoms with Crippen molar-refractivity contribution in [2.75, 3.05) is 27.4 Å². The SMILES string of the molecule is COCCCOc1cc(C[C@@H](C[C@H](N)[C@@H](O)C[C@H](C(=O)N[C@H](C)C2CCCCC2)C(C)C)C(C)C)ccc1OC. The maximum absolute atomic E-state index is 13.3. The Morgan fingerprint density at radius 1 is 1.00 bits per heavy atom. The van der Waals surface area contributed by atoms with Gasteiger partial charge in [-0.15, -0.1) is 0 Å². The average molecular weight is 563 g/mol. The number of carbonyl (C=O) groups is 1. The molecular formula is C33H58N2O5. The first kappa shape index (κ1) is 34.4. The highest BCUT2D eigenvalue weighted by Crippen LogP contribution is 2.32. The molecule has 7 nitrogen and oxygen atoms in total. The van der Waals surface area contributed by atoms with Gasteiger partial charge >= 0.3 is 0 Å². The fraction of sp³-hybridized carbons (Fsp3) is 0.788. The highest BCUT2D eigenvalue weighted by molar-refractivity contribution is 5.79. The molecule has 1 saturated carbocycles. The number of carbonyl (C=O) groups excluding carboxylic acids is 1. The Morgan fingerprint density at radius 2 is 1.70 bits per heavy atom. The predicted octanol–water partition coefficient (Wildman–Crippen LogP) is 5.75. The van der Waals surface area contributed by atoms with Gasteiger partial charge in [-0.1, -0.05) is 53.0 Å². The van der Waals surface area contributed by atoms with Gasteiger partial charge in [0, 0.05) is 38.1 Å². The summed E-state index contributed by atoms with van der Waals surface area (Å²) in [6.45, 7) is 11.9. The van der Waals surface area contributed by atoms with Crippen molar-refractivity contribution in [1.82, 2.24) is 5.32 Å². The Hall–Kier alpha value is -1.83. The second kappa shape index (κ2) is 17.9. The monoisotopic (exact) mass is 562 g/mol. The number of hydrogen-bond acceptors (Lipinski definition) is 6. The maximum Gasteiger partial charge on any atom is 0.223 e. The molecule has 0 spiro atoms. The number of rotatable bonds is 18. The molecule has 0 aromatic heterocycles. The van der Waals surface area contributed by atoms with Crippen LogP contribution in [0, 0.1) is 29.6 Å². The van der Waals surface area contributed by atoms with E-state index >= 15 is 0 Å². The van der Waals surface area contributed by atoms with Gasteiger partial charge in [0.2, 0.25) is 5.91 Å². The summed E-state index contributed by atoms with van der Waals surface area (Å²) in [5.74, 6) is 2.58. The molecule has 0 aliphatic heterocycles. The first-order valence-electron chi connectivity index (χ1n) is 15.6. The van der Waals surface area contributed by atoms with Crippen molar-refractivity contribution >= 4 is 5.91 Å². The molecule has 4 N–H and O–H groups in total. The zero-order chi connectivity index (χ0) is 29.7. The fourth-order valence-electron chi connectivity index (χ4n) is 5.95. The van der Waals surface area contributed by atoms with Gasteiger partial charge in [0.25, 0.3) is 0 Å². The Labute approximate surface area is 243 Å². The highest BCUT2D eigenvalue weighted by Gasteiger charge is 2.31. The van der Waals surface area contributed by atoms with Gasteiger partial charge in [-0.3, -0.25) is 4.79 Å². The maximum atomic E-state index is 13.3. The number of benzene rings is 1. The molecule has 1 aliphatic carbocycles. The summed E-state index contributed by atoms with van der Waals surface area (Å²) >= 11 is 0. The van der Waals surface area contributed by atoms with Crippen molar-refractivity contribution in [3.8, 4) is 11.5 Å². The van der Waals surface area contributed by atoms with E-state index in [1.165, 1.54) is 32.1 Å². The molecule has 1 aromatic rings. The molecule has 0 heterocycles. The van der Waals surface area contributed by atoms with Crippen LogP contribution in [0.3, 0.4) is 0 Å². The van der Waals surface area contributed by atoms with Crippen molar-refractivity contribution in [3.05, 3.63) is 23.8 Å². The molecule has 230 valence electrons. The first-order valence-corrected chi connectivity index (χ1v) is 15.6. The van der Waals surface area contributed by atoms with E-state index in [-0.39, 0.29) is 29.7 Å². The Balaban J connectivity index is 2.00. The number of hydrogen-bond donors (Lipinski definition) is 3. The molecule has 7 heteroatoms. The molecule has 1 fully saturated rings. The number of ether oxygens (including phenoxy) is 3. The predicted molar refractivity (Wildman–Crippen MR) is 163 cm³/mol. The Morgan fingerprint density at radius 3 is 2.30 bits per heavy atom. The van der Waals surface area contributed by atoms with Gasteiger partial charge in [0.15, 0.2) is 11.5 Å². The van der Waals surface area contributed by atoms with Crippen LogP contribution in [0.25, 0.3) is 0 Å². The van der Waals surface area contributed by atoms with Crippen molar-refractivity contribution in [1.29, 1.82) is 0 Å². The number of amides is 1. The van der Waals surface area contributed by atoms with Crippen LogP contribution in [0.4, 0.5) is 0 Å². The van der Waals surface area contributed by atoms with E-state index in [0.717, 1.165) is 24.2 Å². The number of nitrogens with two attached hydrogens (primary N) is 1. The van der Waals surface area contributed by atoms with Crippen molar-refractivity contribution in [2.24, 2.45) is 35.3 Å². The zero-order valence-electron chi connectivity index (χ0n) is 26.3. The lowest BCUT2D eigenvalue weighted by molar-refractivity contribution is -0.128. The average Bonchev–Trinajstić information content (AvgIpc) is 2.93. The summed E-state index contributed by atoms with van der Waals surface area (Å²) in [4.78, 5) is 13.3. The summed E-state index contributed by atoms with van der Waals surface area (Å²) in [6, 6.07) is 5.84. The summed E-state index contributed by atoms with van der Waals surface area (Å²) in [5.41, 5.74) is 7.76. The van der Waals surface area contributed by atoms with E-state index in [1.54, 1.807) is 14.2 Å². The molecule has 0 bridgehead atoms. The van der Waals surface area contributed by atoms with Crippen LogP contribution in [-0.2, 0) is 16.0 Å². The zero-order valence-corrected chi connectivity index (χ0v) is 26.3. The van der Waals surface area contributed by atoms with Crippen LogP contribution < -0.4 is 20.5 Å². The lowest BCUT2D eigenvalue weighted by Gasteiger charge is -2.32. The van der Waals surface area contributed by atoms with E-state index in [4.69, 9.17) is 19.9 Å². The lowest BCUT2D eigenvalue weighted by Crippen LogP contribution is -2.46. The van der Waals surface area contributed by atoms with Gasteiger partial charge < -0.3 is 30.4 Å². The fourth-order valence-corrected chi connectivity index (χ4v) is 5.95. The summed E-state index contributed by atoms with van der Waals surface area (Å²) in [6.07, 6.45) is 8.14. The van der Waals surface area contributed by atoms with Gasteiger partial charge in [0.05, 0.1) is 19.8 Å². The van der Waals surface area contributed by atoms with E-state index in [9.17, 15) is 9.90 Å². The number of aliphatic hydroxyl groups is 1. The number of aliphatic hydroxyl groups excluding tert-OH is 1. The minimum atomic E-state index is -0.736. The normalized spacial score (nSPS) is 18.3. The minimum Gasteiger partial charge on any atom is -0.493 e. The van der Waals surface area contributed by atoms with E-state index in [1.807, 2.05) is 6.07 Å². The summed E-state index contributed by atoms with van der Waals surface area (Å²) in [5, 5.41) is 14.5. The van der Waals surface area contributed by atoms with Crippen LogP contribution in [-0.4, -0.2) is 56.6 Å².